The third-order valence-corrected chi connectivity index (χ3v) is 4.58. The SMILES string of the molecule is Cc1csc(C(=O)N2CCC(Oc3cc(C)oc(=O)c3)C2)c1. The summed E-state index contributed by atoms with van der Waals surface area (Å²) in [7, 11) is 0. The average molecular weight is 319 g/mol. The number of hydrogen-bond donors (Lipinski definition) is 0. The molecule has 3 heterocycles. The van der Waals surface area contributed by atoms with Crippen molar-refractivity contribution in [2.45, 2.75) is 26.4 Å². The first-order valence-corrected chi connectivity index (χ1v) is 8.02. The quantitative estimate of drug-likeness (QED) is 0.872. The minimum atomic E-state index is -0.421. The van der Waals surface area contributed by atoms with E-state index in [1.807, 2.05) is 18.4 Å². The average Bonchev–Trinajstić information content (AvgIpc) is 3.06. The molecule has 22 heavy (non-hydrogen) atoms. The van der Waals surface area contributed by atoms with Crippen LogP contribution < -0.4 is 10.4 Å². The monoisotopic (exact) mass is 319 g/mol. The van der Waals surface area contributed by atoms with E-state index in [1.54, 1.807) is 17.9 Å². The highest BCUT2D eigenvalue weighted by Gasteiger charge is 2.29. The van der Waals surface area contributed by atoms with Gasteiger partial charge in [0.05, 0.1) is 17.5 Å². The van der Waals surface area contributed by atoms with E-state index in [0.717, 1.165) is 16.9 Å². The molecule has 0 N–H and O–H groups in total. The highest BCUT2D eigenvalue weighted by Crippen LogP contribution is 2.22. The second-order valence-corrected chi connectivity index (χ2v) is 6.40. The van der Waals surface area contributed by atoms with E-state index in [9.17, 15) is 9.59 Å². The van der Waals surface area contributed by atoms with Gasteiger partial charge in [0.15, 0.2) is 0 Å². The fourth-order valence-corrected chi connectivity index (χ4v) is 3.41. The third kappa shape index (κ3) is 3.22. The van der Waals surface area contributed by atoms with Crippen LogP contribution >= 0.6 is 11.3 Å². The standard InChI is InChI=1S/C16H17NO4S/c1-10-5-14(22-9-10)16(19)17-4-3-12(8-17)21-13-6-11(2)20-15(18)7-13/h5-7,9,12H,3-4,8H2,1-2H3. The van der Waals surface area contributed by atoms with Crippen molar-refractivity contribution in [3.05, 3.63) is 50.2 Å². The Morgan fingerprint density at radius 1 is 1.36 bits per heavy atom. The van der Waals surface area contributed by atoms with Gasteiger partial charge in [-0.2, -0.15) is 0 Å². The van der Waals surface area contributed by atoms with Crippen molar-refractivity contribution in [1.29, 1.82) is 0 Å². The van der Waals surface area contributed by atoms with Gasteiger partial charge in [-0.1, -0.05) is 0 Å². The highest BCUT2D eigenvalue weighted by molar-refractivity contribution is 7.12. The summed E-state index contributed by atoms with van der Waals surface area (Å²) in [6, 6.07) is 4.93. The van der Waals surface area contributed by atoms with Crippen molar-refractivity contribution in [3.8, 4) is 5.75 Å². The second-order valence-electron chi connectivity index (χ2n) is 5.49. The number of aryl methyl sites for hydroxylation is 2. The van der Waals surface area contributed by atoms with Crippen LogP contribution in [-0.4, -0.2) is 30.0 Å². The van der Waals surface area contributed by atoms with Crippen molar-refractivity contribution in [2.24, 2.45) is 0 Å². The summed E-state index contributed by atoms with van der Waals surface area (Å²) in [6.07, 6.45) is 0.668. The summed E-state index contributed by atoms with van der Waals surface area (Å²) < 4.78 is 10.7. The zero-order valence-corrected chi connectivity index (χ0v) is 13.3. The van der Waals surface area contributed by atoms with E-state index in [-0.39, 0.29) is 12.0 Å². The number of ether oxygens (including phenoxy) is 1. The summed E-state index contributed by atoms with van der Waals surface area (Å²) >= 11 is 1.47. The molecule has 5 nitrogen and oxygen atoms in total. The Bertz CT molecular complexity index is 749. The van der Waals surface area contributed by atoms with Gasteiger partial charge in [0.2, 0.25) is 0 Å². The van der Waals surface area contributed by atoms with Gasteiger partial charge < -0.3 is 14.1 Å². The fraction of sp³-hybridized carbons (Fsp3) is 0.375. The van der Waals surface area contributed by atoms with E-state index in [4.69, 9.17) is 9.15 Å². The van der Waals surface area contributed by atoms with Crippen molar-refractivity contribution < 1.29 is 13.9 Å². The van der Waals surface area contributed by atoms with Gasteiger partial charge in [-0.05, 0) is 30.9 Å². The predicted octanol–water partition coefficient (Wildman–Crippen LogP) is 2.61. The Labute approximate surface area is 132 Å². The maximum atomic E-state index is 12.4. The molecular weight excluding hydrogens is 302 g/mol. The Hall–Kier alpha value is -2.08. The van der Waals surface area contributed by atoms with Crippen molar-refractivity contribution >= 4 is 17.2 Å². The molecule has 1 aliphatic heterocycles. The van der Waals surface area contributed by atoms with E-state index in [2.05, 4.69) is 0 Å². The molecule has 0 aromatic carbocycles. The molecule has 0 spiro atoms. The zero-order chi connectivity index (χ0) is 15.7. The number of carbonyl (C=O) groups excluding carboxylic acids is 1. The zero-order valence-electron chi connectivity index (χ0n) is 12.5. The predicted molar refractivity (Wildman–Crippen MR) is 83.7 cm³/mol. The van der Waals surface area contributed by atoms with Gasteiger partial charge in [0.1, 0.15) is 17.6 Å². The lowest BCUT2D eigenvalue weighted by atomic mass is 10.3. The summed E-state index contributed by atoms with van der Waals surface area (Å²) in [6.45, 7) is 4.89. The molecule has 1 aliphatic rings. The van der Waals surface area contributed by atoms with Gasteiger partial charge in [0.25, 0.3) is 5.91 Å². The molecule has 2 aromatic heterocycles. The topological polar surface area (TPSA) is 59.8 Å². The summed E-state index contributed by atoms with van der Waals surface area (Å²) in [5.41, 5.74) is 0.682. The smallest absolute Gasteiger partial charge is 0.339 e. The molecule has 0 aliphatic carbocycles. The molecule has 1 saturated heterocycles. The Morgan fingerprint density at radius 2 is 2.18 bits per heavy atom. The van der Waals surface area contributed by atoms with Crippen LogP contribution in [0.1, 0.15) is 27.4 Å². The lowest BCUT2D eigenvalue weighted by Crippen LogP contribution is -2.30. The van der Waals surface area contributed by atoms with Gasteiger partial charge in [0, 0.05) is 19.0 Å². The number of rotatable bonds is 3. The maximum Gasteiger partial charge on any atom is 0.339 e. The number of thiophene rings is 1. The number of carbonyl (C=O) groups is 1. The first-order valence-electron chi connectivity index (χ1n) is 7.14. The van der Waals surface area contributed by atoms with Gasteiger partial charge >= 0.3 is 5.63 Å². The molecule has 2 aromatic rings. The van der Waals surface area contributed by atoms with Crippen LogP contribution in [0.5, 0.6) is 5.75 Å². The van der Waals surface area contributed by atoms with E-state index >= 15 is 0 Å². The summed E-state index contributed by atoms with van der Waals surface area (Å²) in [5, 5.41) is 1.98. The van der Waals surface area contributed by atoms with Gasteiger partial charge in [-0.15, -0.1) is 11.3 Å². The Morgan fingerprint density at radius 3 is 2.86 bits per heavy atom. The summed E-state index contributed by atoms with van der Waals surface area (Å²) in [4.78, 5) is 26.3. The lowest BCUT2D eigenvalue weighted by molar-refractivity contribution is 0.0777. The second kappa shape index (κ2) is 5.96. The molecule has 1 unspecified atom stereocenters. The molecule has 116 valence electrons. The normalized spacial score (nSPS) is 17.7. The van der Waals surface area contributed by atoms with Crippen LogP contribution in [0.3, 0.4) is 0 Å². The largest absolute Gasteiger partial charge is 0.488 e. The molecule has 0 bridgehead atoms. The first-order chi connectivity index (χ1) is 10.5. The van der Waals surface area contributed by atoms with Crippen LogP contribution in [0.2, 0.25) is 0 Å². The van der Waals surface area contributed by atoms with E-state index < -0.39 is 5.63 Å². The van der Waals surface area contributed by atoms with Crippen LogP contribution in [0.4, 0.5) is 0 Å². The highest BCUT2D eigenvalue weighted by atomic mass is 32.1. The van der Waals surface area contributed by atoms with E-state index in [0.29, 0.717) is 24.6 Å². The van der Waals surface area contributed by atoms with Crippen LogP contribution in [0, 0.1) is 13.8 Å². The molecule has 1 amide bonds. The summed E-state index contributed by atoms with van der Waals surface area (Å²) in [5.74, 6) is 1.07. The van der Waals surface area contributed by atoms with Gasteiger partial charge in [-0.3, -0.25) is 4.79 Å². The molecule has 0 radical (unpaired) electrons. The molecule has 1 atom stereocenters. The molecular formula is C16H17NO4S. The van der Waals surface area contributed by atoms with Crippen LogP contribution in [-0.2, 0) is 0 Å². The number of hydrogen-bond acceptors (Lipinski definition) is 5. The van der Waals surface area contributed by atoms with Crippen LogP contribution in [0.15, 0.2) is 32.8 Å². The lowest BCUT2D eigenvalue weighted by Gasteiger charge is -2.16. The molecule has 3 rings (SSSR count). The van der Waals surface area contributed by atoms with Crippen LogP contribution in [0.25, 0.3) is 0 Å². The number of amides is 1. The minimum absolute atomic E-state index is 0.0490. The maximum absolute atomic E-state index is 12.4. The molecule has 0 saturated carbocycles. The fourth-order valence-electron chi connectivity index (χ4n) is 2.54. The number of nitrogens with zero attached hydrogens (tertiary/aromatic N) is 1. The number of likely N-dealkylation sites (tertiary alicyclic amines) is 1. The third-order valence-electron chi connectivity index (χ3n) is 3.54. The van der Waals surface area contributed by atoms with E-state index in [1.165, 1.54) is 17.4 Å². The van der Waals surface area contributed by atoms with Crippen molar-refractivity contribution in [3.63, 3.8) is 0 Å². The molecule has 1 fully saturated rings. The Kier molecular flexibility index (Phi) is 4.02. The van der Waals surface area contributed by atoms with Gasteiger partial charge in [-0.25, -0.2) is 4.79 Å². The Balaban J connectivity index is 1.65. The van der Waals surface area contributed by atoms with Crippen molar-refractivity contribution in [2.75, 3.05) is 13.1 Å². The first kappa shape index (κ1) is 14.8. The minimum Gasteiger partial charge on any atom is -0.488 e. The molecule has 6 heteroatoms. The van der Waals surface area contributed by atoms with Crippen molar-refractivity contribution in [1.82, 2.24) is 4.90 Å².